The molecule has 0 fully saturated rings. The summed E-state index contributed by atoms with van der Waals surface area (Å²) in [6.45, 7) is 9.49. The molecule has 0 aliphatic rings. The predicted molar refractivity (Wildman–Crippen MR) is 68.6 cm³/mol. The molecule has 1 aromatic rings. The highest BCUT2D eigenvalue weighted by molar-refractivity contribution is 5.92. The van der Waals surface area contributed by atoms with E-state index in [1.165, 1.54) is 0 Å². The fraction of sp³-hybridized carbons (Fsp3) is 0.214. The second-order valence-corrected chi connectivity index (χ2v) is 3.54. The maximum Gasteiger partial charge on any atom is 0.224 e. The van der Waals surface area contributed by atoms with Crippen LogP contribution in [0.15, 0.2) is 49.6 Å². The molecule has 0 N–H and O–H groups in total. The highest BCUT2D eigenvalue weighted by atomic mass is 16.2. The summed E-state index contributed by atoms with van der Waals surface area (Å²) in [6, 6.07) is 7.86. The Morgan fingerprint density at radius 3 is 2.56 bits per heavy atom. The standard InChI is InChI=1S/C14H17NO/c1-4-8-13-9-6-7-10-14(13)15(11-5-2)12(3)16/h4-7,9-10H,1-2,8,11H2,3H3. The van der Waals surface area contributed by atoms with Crippen LogP contribution < -0.4 is 4.90 Å². The number of nitrogens with zero attached hydrogens (tertiary/aromatic N) is 1. The molecule has 0 aliphatic carbocycles. The van der Waals surface area contributed by atoms with Crippen molar-refractivity contribution in [2.45, 2.75) is 13.3 Å². The minimum Gasteiger partial charge on any atom is -0.309 e. The first-order chi connectivity index (χ1) is 7.70. The number of para-hydroxylation sites is 1. The molecule has 16 heavy (non-hydrogen) atoms. The van der Waals surface area contributed by atoms with Gasteiger partial charge in [-0.1, -0.05) is 30.4 Å². The van der Waals surface area contributed by atoms with Crippen LogP contribution in [-0.2, 0) is 11.2 Å². The highest BCUT2D eigenvalue weighted by Gasteiger charge is 2.12. The minimum atomic E-state index is 0.0245. The number of amides is 1. The molecule has 84 valence electrons. The van der Waals surface area contributed by atoms with Crippen LogP contribution in [0.1, 0.15) is 12.5 Å². The van der Waals surface area contributed by atoms with E-state index < -0.39 is 0 Å². The molecule has 2 heteroatoms. The molecule has 0 saturated carbocycles. The van der Waals surface area contributed by atoms with Gasteiger partial charge in [0, 0.05) is 19.2 Å². The largest absolute Gasteiger partial charge is 0.309 e. The van der Waals surface area contributed by atoms with Gasteiger partial charge < -0.3 is 4.90 Å². The molecule has 1 aromatic carbocycles. The molecule has 0 unspecified atom stereocenters. The van der Waals surface area contributed by atoms with Crippen molar-refractivity contribution in [1.82, 2.24) is 0 Å². The molecule has 2 nitrogen and oxygen atoms in total. The summed E-state index contributed by atoms with van der Waals surface area (Å²) in [5.74, 6) is 0.0245. The van der Waals surface area contributed by atoms with Crippen LogP contribution in [0.2, 0.25) is 0 Å². The van der Waals surface area contributed by atoms with E-state index in [2.05, 4.69) is 13.2 Å². The molecule has 0 spiro atoms. The van der Waals surface area contributed by atoms with Crippen LogP contribution >= 0.6 is 0 Å². The third-order valence-corrected chi connectivity index (χ3v) is 2.34. The lowest BCUT2D eigenvalue weighted by Crippen LogP contribution is -2.29. The van der Waals surface area contributed by atoms with E-state index >= 15 is 0 Å². The van der Waals surface area contributed by atoms with Crippen molar-refractivity contribution in [2.24, 2.45) is 0 Å². The third-order valence-electron chi connectivity index (χ3n) is 2.34. The van der Waals surface area contributed by atoms with Crippen molar-refractivity contribution in [3.8, 4) is 0 Å². The minimum absolute atomic E-state index is 0.0245. The maximum atomic E-state index is 11.5. The van der Waals surface area contributed by atoms with Crippen molar-refractivity contribution in [3.05, 3.63) is 55.1 Å². The Hall–Kier alpha value is -1.83. The molecule has 0 heterocycles. The van der Waals surface area contributed by atoms with E-state index in [1.54, 1.807) is 17.9 Å². The molecular weight excluding hydrogens is 198 g/mol. The van der Waals surface area contributed by atoms with Crippen molar-refractivity contribution in [3.63, 3.8) is 0 Å². The number of hydrogen-bond donors (Lipinski definition) is 0. The van der Waals surface area contributed by atoms with Crippen LogP contribution in [0, 0.1) is 0 Å². The first kappa shape index (κ1) is 12.2. The number of carbonyl (C=O) groups excluding carboxylic acids is 1. The van der Waals surface area contributed by atoms with Crippen molar-refractivity contribution in [2.75, 3.05) is 11.4 Å². The number of carbonyl (C=O) groups is 1. The Labute approximate surface area is 96.9 Å². The van der Waals surface area contributed by atoms with Gasteiger partial charge in [-0.25, -0.2) is 0 Å². The Morgan fingerprint density at radius 1 is 1.31 bits per heavy atom. The third kappa shape index (κ3) is 2.83. The fourth-order valence-corrected chi connectivity index (χ4v) is 1.63. The zero-order valence-corrected chi connectivity index (χ0v) is 9.65. The number of hydrogen-bond acceptors (Lipinski definition) is 1. The number of benzene rings is 1. The van der Waals surface area contributed by atoms with Crippen molar-refractivity contribution >= 4 is 11.6 Å². The highest BCUT2D eigenvalue weighted by Crippen LogP contribution is 2.21. The van der Waals surface area contributed by atoms with Gasteiger partial charge >= 0.3 is 0 Å². The molecular formula is C14H17NO. The normalized spacial score (nSPS) is 9.56. The first-order valence-corrected chi connectivity index (χ1v) is 5.28. The molecule has 0 bridgehead atoms. The Balaban J connectivity index is 3.11. The first-order valence-electron chi connectivity index (χ1n) is 5.28. The maximum absolute atomic E-state index is 11.5. The summed E-state index contributed by atoms with van der Waals surface area (Å²) in [7, 11) is 0. The zero-order chi connectivity index (χ0) is 12.0. The smallest absolute Gasteiger partial charge is 0.224 e. The van der Waals surface area contributed by atoms with E-state index in [0.29, 0.717) is 6.54 Å². The van der Waals surface area contributed by atoms with E-state index in [-0.39, 0.29) is 5.91 Å². The van der Waals surface area contributed by atoms with Gasteiger partial charge in [0.05, 0.1) is 0 Å². The van der Waals surface area contributed by atoms with Gasteiger partial charge in [0.1, 0.15) is 0 Å². The van der Waals surface area contributed by atoms with Gasteiger partial charge in [-0.05, 0) is 18.1 Å². The SMILES string of the molecule is C=CCc1ccccc1N(CC=C)C(C)=O. The van der Waals surface area contributed by atoms with Crippen LogP contribution in [0.4, 0.5) is 5.69 Å². The lowest BCUT2D eigenvalue weighted by atomic mass is 10.1. The average molecular weight is 215 g/mol. The van der Waals surface area contributed by atoms with Crippen LogP contribution in [0.25, 0.3) is 0 Å². The van der Waals surface area contributed by atoms with Gasteiger partial charge in [-0.3, -0.25) is 4.79 Å². The van der Waals surface area contributed by atoms with Gasteiger partial charge in [0.25, 0.3) is 0 Å². The van der Waals surface area contributed by atoms with E-state index in [1.807, 2.05) is 30.3 Å². The van der Waals surface area contributed by atoms with E-state index in [4.69, 9.17) is 0 Å². The summed E-state index contributed by atoms with van der Waals surface area (Å²) in [4.78, 5) is 13.3. The van der Waals surface area contributed by atoms with Crippen LogP contribution in [0.3, 0.4) is 0 Å². The molecule has 1 rings (SSSR count). The topological polar surface area (TPSA) is 20.3 Å². The molecule has 0 atom stereocenters. The fourth-order valence-electron chi connectivity index (χ4n) is 1.63. The molecule has 0 aromatic heterocycles. The Bertz CT molecular complexity index is 395. The summed E-state index contributed by atoms with van der Waals surface area (Å²) in [5.41, 5.74) is 2.05. The summed E-state index contributed by atoms with van der Waals surface area (Å²) in [6.07, 6.45) is 4.33. The average Bonchev–Trinajstić information content (AvgIpc) is 2.27. The van der Waals surface area contributed by atoms with Gasteiger partial charge in [-0.2, -0.15) is 0 Å². The summed E-state index contributed by atoms with van der Waals surface area (Å²) in [5, 5.41) is 0. The summed E-state index contributed by atoms with van der Waals surface area (Å²) >= 11 is 0. The monoisotopic (exact) mass is 215 g/mol. The van der Waals surface area contributed by atoms with Crippen LogP contribution in [-0.4, -0.2) is 12.5 Å². The lowest BCUT2D eigenvalue weighted by Gasteiger charge is -2.22. The Kier molecular flexibility index (Phi) is 4.52. The number of allylic oxidation sites excluding steroid dienone is 1. The van der Waals surface area contributed by atoms with Gasteiger partial charge in [0.2, 0.25) is 5.91 Å². The zero-order valence-electron chi connectivity index (χ0n) is 9.65. The van der Waals surface area contributed by atoms with E-state index in [0.717, 1.165) is 17.7 Å². The van der Waals surface area contributed by atoms with Gasteiger partial charge in [0.15, 0.2) is 0 Å². The number of anilines is 1. The molecule has 0 saturated heterocycles. The Morgan fingerprint density at radius 2 is 2.00 bits per heavy atom. The molecule has 1 amide bonds. The predicted octanol–water partition coefficient (Wildman–Crippen LogP) is 2.95. The molecule has 0 radical (unpaired) electrons. The van der Waals surface area contributed by atoms with Crippen molar-refractivity contribution < 1.29 is 4.79 Å². The van der Waals surface area contributed by atoms with Crippen molar-refractivity contribution in [1.29, 1.82) is 0 Å². The second-order valence-electron chi connectivity index (χ2n) is 3.54. The quantitative estimate of drug-likeness (QED) is 0.691. The number of rotatable bonds is 5. The lowest BCUT2D eigenvalue weighted by molar-refractivity contribution is -0.116. The second kappa shape index (κ2) is 5.91. The van der Waals surface area contributed by atoms with Gasteiger partial charge in [-0.15, -0.1) is 13.2 Å². The van der Waals surface area contributed by atoms with E-state index in [9.17, 15) is 4.79 Å². The molecule has 0 aliphatic heterocycles. The summed E-state index contributed by atoms with van der Waals surface area (Å²) < 4.78 is 0. The van der Waals surface area contributed by atoms with Crippen LogP contribution in [0.5, 0.6) is 0 Å².